The molecule has 1 aliphatic rings. The maximum absolute atomic E-state index is 10.9. The predicted octanol–water partition coefficient (Wildman–Crippen LogP) is 2.70. The zero-order valence-corrected chi connectivity index (χ0v) is 12.7. The highest BCUT2D eigenvalue weighted by Gasteiger charge is 2.20. The normalized spacial score (nSPS) is 14.3. The molecule has 1 saturated carbocycles. The summed E-state index contributed by atoms with van der Waals surface area (Å²) in [6, 6.07) is 5.21. The maximum Gasteiger partial charge on any atom is 0.271 e. The first-order valence-electron chi connectivity index (χ1n) is 6.63. The van der Waals surface area contributed by atoms with Crippen LogP contribution in [0.2, 0.25) is 0 Å². The van der Waals surface area contributed by atoms with E-state index in [0.29, 0.717) is 34.3 Å². The van der Waals surface area contributed by atoms with Crippen LogP contribution < -0.4 is 5.32 Å². The molecule has 8 heteroatoms. The number of benzene rings is 1. The van der Waals surface area contributed by atoms with Crippen LogP contribution in [0.25, 0.3) is 11.5 Å². The summed E-state index contributed by atoms with van der Waals surface area (Å²) in [5, 5.41) is 22.2. The third-order valence-electron chi connectivity index (χ3n) is 3.16. The highest BCUT2D eigenvalue weighted by atomic mass is 79.9. The van der Waals surface area contributed by atoms with Crippen LogP contribution in [0.4, 0.5) is 5.69 Å². The van der Waals surface area contributed by atoms with E-state index in [2.05, 4.69) is 31.4 Å². The van der Waals surface area contributed by atoms with Gasteiger partial charge in [-0.05, 0) is 18.9 Å². The lowest BCUT2D eigenvalue weighted by Gasteiger charge is -1.99. The molecule has 0 radical (unpaired) electrons. The smallest absolute Gasteiger partial charge is 0.271 e. The molecule has 0 saturated heterocycles. The second-order valence-electron chi connectivity index (χ2n) is 4.93. The van der Waals surface area contributed by atoms with Crippen LogP contribution in [-0.2, 0) is 6.42 Å². The lowest BCUT2D eigenvalue weighted by atomic mass is 10.2. The molecule has 1 aromatic heterocycles. The van der Waals surface area contributed by atoms with Crippen molar-refractivity contribution in [1.29, 1.82) is 0 Å². The van der Waals surface area contributed by atoms with Crippen LogP contribution in [0.3, 0.4) is 0 Å². The number of rotatable bonds is 6. The van der Waals surface area contributed by atoms with Crippen LogP contribution >= 0.6 is 15.9 Å². The number of aromatic nitrogens is 2. The molecular formula is C13H13BrN4O3. The summed E-state index contributed by atoms with van der Waals surface area (Å²) < 4.78 is 6.15. The van der Waals surface area contributed by atoms with Crippen LogP contribution in [0.1, 0.15) is 18.7 Å². The van der Waals surface area contributed by atoms with E-state index in [1.807, 2.05) is 0 Å². The summed E-state index contributed by atoms with van der Waals surface area (Å²) in [5.74, 6) is 0.821. The van der Waals surface area contributed by atoms with Gasteiger partial charge in [0.15, 0.2) is 0 Å². The fourth-order valence-corrected chi connectivity index (χ4v) is 2.43. The number of nitro groups is 1. The van der Waals surface area contributed by atoms with Crippen molar-refractivity contribution in [1.82, 2.24) is 15.5 Å². The highest BCUT2D eigenvalue weighted by molar-refractivity contribution is 9.10. The van der Waals surface area contributed by atoms with E-state index in [1.165, 1.54) is 25.0 Å². The van der Waals surface area contributed by atoms with Gasteiger partial charge in [-0.15, -0.1) is 10.2 Å². The Bertz CT molecular complexity index is 669. The first kappa shape index (κ1) is 14.2. The second-order valence-corrected chi connectivity index (χ2v) is 5.85. The van der Waals surface area contributed by atoms with Crippen molar-refractivity contribution >= 4 is 21.6 Å². The Morgan fingerprint density at radius 1 is 1.38 bits per heavy atom. The number of halogens is 1. The largest absolute Gasteiger partial charge is 0.421 e. The molecule has 7 nitrogen and oxygen atoms in total. The summed E-state index contributed by atoms with van der Waals surface area (Å²) in [6.07, 6.45) is 3.12. The average molecular weight is 353 g/mol. The van der Waals surface area contributed by atoms with Crippen LogP contribution in [-0.4, -0.2) is 27.7 Å². The first-order chi connectivity index (χ1) is 10.1. The summed E-state index contributed by atoms with van der Waals surface area (Å²) in [7, 11) is 0. The summed E-state index contributed by atoms with van der Waals surface area (Å²) in [5.41, 5.74) is 0.513. The van der Waals surface area contributed by atoms with Gasteiger partial charge in [-0.25, -0.2) is 0 Å². The van der Waals surface area contributed by atoms with Gasteiger partial charge in [-0.1, -0.05) is 15.9 Å². The van der Waals surface area contributed by atoms with Crippen molar-refractivity contribution in [2.45, 2.75) is 25.3 Å². The fourth-order valence-electron chi connectivity index (χ4n) is 1.95. The Labute approximate surface area is 129 Å². The van der Waals surface area contributed by atoms with Gasteiger partial charge in [0.2, 0.25) is 11.8 Å². The Morgan fingerprint density at radius 3 is 2.90 bits per heavy atom. The molecule has 0 unspecified atom stereocenters. The number of hydrogen-bond donors (Lipinski definition) is 1. The highest BCUT2D eigenvalue weighted by Crippen LogP contribution is 2.28. The van der Waals surface area contributed by atoms with Crippen molar-refractivity contribution in [3.05, 3.63) is 38.7 Å². The summed E-state index contributed by atoms with van der Waals surface area (Å²) in [4.78, 5) is 10.4. The Morgan fingerprint density at radius 2 is 2.19 bits per heavy atom. The molecule has 3 rings (SSSR count). The van der Waals surface area contributed by atoms with Crippen LogP contribution in [0, 0.1) is 10.1 Å². The Kier molecular flexibility index (Phi) is 3.98. The van der Waals surface area contributed by atoms with E-state index in [-0.39, 0.29) is 5.69 Å². The molecule has 2 aromatic rings. The van der Waals surface area contributed by atoms with Gasteiger partial charge in [0.25, 0.3) is 5.69 Å². The molecule has 1 fully saturated rings. The SMILES string of the molecule is O=[N+]([O-])c1cc(Br)cc(-c2nnc(CCNC3CC3)o2)c1. The molecule has 0 amide bonds. The first-order valence-corrected chi connectivity index (χ1v) is 7.42. The van der Waals surface area contributed by atoms with Gasteiger partial charge in [0, 0.05) is 41.2 Å². The molecular weight excluding hydrogens is 340 g/mol. The fraction of sp³-hybridized carbons (Fsp3) is 0.385. The zero-order chi connectivity index (χ0) is 14.8. The Balaban J connectivity index is 1.73. The van der Waals surface area contributed by atoms with Gasteiger partial charge < -0.3 is 9.73 Å². The monoisotopic (exact) mass is 352 g/mol. The predicted molar refractivity (Wildman–Crippen MR) is 78.8 cm³/mol. The lowest BCUT2D eigenvalue weighted by molar-refractivity contribution is -0.384. The second kappa shape index (κ2) is 5.90. The molecule has 21 heavy (non-hydrogen) atoms. The molecule has 0 spiro atoms. The van der Waals surface area contributed by atoms with E-state index < -0.39 is 4.92 Å². The molecule has 1 aromatic carbocycles. The molecule has 0 aliphatic heterocycles. The van der Waals surface area contributed by atoms with Crippen molar-refractivity contribution in [2.24, 2.45) is 0 Å². The topological polar surface area (TPSA) is 94.1 Å². The molecule has 1 N–H and O–H groups in total. The quantitative estimate of drug-likeness (QED) is 0.634. The van der Waals surface area contributed by atoms with Gasteiger partial charge in [0.1, 0.15) is 0 Å². The number of nitrogens with zero attached hydrogens (tertiary/aromatic N) is 3. The summed E-state index contributed by atoms with van der Waals surface area (Å²) >= 11 is 3.25. The third kappa shape index (κ3) is 3.64. The summed E-state index contributed by atoms with van der Waals surface area (Å²) in [6.45, 7) is 0.797. The van der Waals surface area contributed by atoms with Crippen LogP contribution in [0.15, 0.2) is 27.1 Å². The molecule has 1 heterocycles. The van der Waals surface area contributed by atoms with E-state index in [1.54, 1.807) is 6.07 Å². The van der Waals surface area contributed by atoms with Crippen LogP contribution in [0.5, 0.6) is 0 Å². The van der Waals surface area contributed by atoms with Gasteiger partial charge in [0.05, 0.1) is 4.92 Å². The van der Waals surface area contributed by atoms with Gasteiger partial charge in [-0.2, -0.15) is 0 Å². The molecule has 1 aliphatic carbocycles. The van der Waals surface area contributed by atoms with E-state index in [4.69, 9.17) is 4.42 Å². The zero-order valence-electron chi connectivity index (χ0n) is 11.1. The number of hydrogen-bond acceptors (Lipinski definition) is 6. The number of nitro benzene ring substituents is 1. The minimum absolute atomic E-state index is 0.0190. The van der Waals surface area contributed by atoms with Crippen molar-refractivity contribution in [3.63, 3.8) is 0 Å². The van der Waals surface area contributed by atoms with Crippen molar-refractivity contribution < 1.29 is 9.34 Å². The van der Waals surface area contributed by atoms with Gasteiger partial charge in [-0.3, -0.25) is 10.1 Å². The minimum atomic E-state index is -0.453. The average Bonchev–Trinajstić information content (AvgIpc) is 3.14. The maximum atomic E-state index is 10.9. The van der Waals surface area contributed by atoms with Gasteiger partial charge >= 0.3 is 0 Å². The lowest BCUT2D eigenvalue weighted by Crippen LogP contribution is -2.19. The number of non-ortho nitro benzene ring substituents is 1. The van der Waals surface area contributed by atoms with E-state index in [9.17, 15) is 10.1 Å². The van der Waals surface area contributed by atoms with Crippen molar-refractivity contribution in [3.8, 4) is 11.5 Å². The Hall–Kier alpha value is -1.80. The van der Waals surface area contributed by atoms with E-state index in [0.717, 1.165) is 6.54 Å². The van der Waals surface area contributed by atoms with E-state index >= 15 is 0 Å². The molecule has 0 atom stereocenters. The number of nitrogens with one attached hydrogen (secondary N) is 1. The third-order valence-corrected chi connectivity index (χ3v) is 3.61. The molecule has 0 bridgehead atoms. The standard InChI is InChI=1S/C13H13BrN4O3/c14-9-5-8(6-11(7-9)18(19)20)13-17-16-12(21-13)3-4-15-10-1-2-10/h5-7,10,15H,1-4H2. The molecule has 110 valence electrons. The van der Waals surface area contributed by atoms with Crippen molar-refractivity contribution in [2.75, 3.05) is 6.54 Å². The minimum Gasteiger partial charge on any atom is -0.421 e.